The van der Waals surface area contributed by atoms with Crippen molar-refractivity contribution < 1.29 is 4.79 Å². The minimum Gasteiger partial charge on any atom is -0.381 e. The van der Waals surface area contributed by atoms with Crippen molar-refractivity contribution in [3.63, 3.8) is 0 Å². The van der Waals surface area contributed by atoms with Gasteiger partial charge in [0.15, 0.2) is 0 Å². The molecule has 2 rings (SSSR count). The van der Waals surface area contributed by atoms with Gasteiger partial charge in [0.2, 0.25) is 5.91 Å². The summed E-state index contributed by atoms with van der Waals surface area (Å²) in [7, 11) is 4.13. The molecular formula is C15H24N4O. The van der Waals surface area contributed by atoms with E-state index in [0.717, 1.165) is 37.3 Å². The first kappa shape index (κ1) is 14.7. The molecule has 0 aromatic heterocycles. The van der Waals surface area contributed by atoms with Crippen LogP contribution in [0.2, 0.25) is 0 Å². The van der Waals surface area contributed by atoms with E-state index in [1.807, 2.05) is 24.3 Å². The molecule has 5 nitrogen and oxygen atoms in total. The molecule has 1 heterocycles. The van der Waals surface area contributed by atoms with Gasteiger partial charge in [-0.05, 0) is 45.6 Å². The molecule has 20 heavy (non-hydrogen) atoms. The van der Waals surface area contributed by atoms with Crippen LogP contribution in [0.4, 0.5) is 11.4 Å². The number of rotatable bonds is 6. The number of nitrogens with zero attached hydrogens (tertiary/aromatic N) is 1. The van der Waals surface area contributed by atoms with E-state index in [4.69, 9.17) is 0 Å². The SMILES string of the molecule is CN(C)CCCCNC(=O)C1CNc2ccccc2N1. The Balaban J connectivity index is 1.72. The fraction of sp³-hybridized carbons (Fsp3) is 0.533. The molecule has 0 bridgehead atoms. The lowest BCUT2D eigenvalue weighted by molar-refractivity contribution is -0.121. The zero-order valence-corrected chi connectivity index (χ0v) is 12.3. The Morgan fingerprint density at radius 1 is 1.30 bits per heavy atom. The predicted octanol–water partition coefficient (Wildman–Crippen LogP) is 1.35. The van der Waals surface area contributed by atoms with Gasteiger partial charge in [-0.25, -0.2) is 0 Å². The van der Waals surface area contributed by atoms with E-state index >= 15 is 0 Å². The summed E-state index contributed by atoms with van der Waals surface area (Å²) in [6.45, 7) is 2.43. The predicted molar refractivity (Wildman–Crippen MR) is 83.1 cm³/mol. The molecule has 1 aliphatic heterocycles. The summed E-state index contributed by atoms with van der Waals surface area (Å²) < 4.78 is 0. The van der Waals surface area contributed by atoms with Crippen LogP contribution in [0.3, 0.4) is 0 Å². The Kier molecular flexibility index (Phi) is 5.24. The molecule has 0 saturated carbocycles. The largest absolute Gasteiger partial charge is 0.381 e. The molecule has 0 spiro atoms. The third-order valence-corrected chi connectivity index (χ3v) is 3.40. The van der Waals surface area contributed by atoms with Gasteiger partial charge in [-0.3, -0.25) is 4.79 Å². The minimum absolute atomic E-state index is 0.0665. The van der Waals surface area contributed by atoms with E-state index < -0.39 is 0 Å². The lowest BCUT2D eigenvalue weighted by Crippen LogP contribution is -2.46. The Morgan fingerprint density at radius 3 is 2.80 bits per heavy atom. The summed E-state index contributed by atoms with van der Waals surface area (Å²) in [5.41, 5.74) is 2.05. The van der Waals surface area contributed by atoms with Gasteiger partial charge in [-0.1, -0.05) is 12.1 Å². The zero-order valence-electron chi connectivity index (χ0n) is 12.3. The summed E-state index contributed by atoms with van der Waals surface area (Å²) in [6.07, 6.45) is 2.12. The molecule has 1 aromatic rings. The Bertz CT molecular complexity index is 447. The number of carbonyl (C=O) groups excluding carboxylic acids is 1. The topological polar surface area (TPSA) is 56.4 Å². The molecule has 0 radical (unpaired) electrons. The van der Waals surface area contributed by atoms with Crippen molar-refractivity contribution in [1.29, 1.82) is 0 Å². The highest BCUT2D eigenvalue weighted by atomic mass is 16.2. The van der Waals surface area contributed by atoms with Gasteiger partial charge >= 0.3 is 0 Å². The van der Waals surface area contributed by atoms with E-state index in [-0.39, 0.29) is 11.9 Å². The van der Waals surface area contributed by atoms with Crippen LogP contribution in [0.15, 0.2) is 24.3 Å². The van der Waals surface area contributed by atoms with E-state index in [1.165, 1.54) is 0 Å². The third-order valence-electron chi connectivity index (χ3n) is 3.40. The second kappa shape index (κ2) is 7.14. The number of nitrogens with one attached hydrogen (secondary N) is 3. The van der Waals surface area contributed by atoms with Gasteiger partial charge < -0.3 is 20.9 Å². The minimum atomic E-state index is -0.196. The number of para-hydroxylation sites is 2. The number of amides is 1. The number of hydrogen-bond acceptors (Lipinski definition) is 4. The Hall–Kier alpha value is -1.75. The summed E-state index contributed by atoms with van der Waals surface area (Å²) >= 11 is 0. The van der Waals surface area contributed by atoms with Crippen LogP contribution < -0.4 is 16.0 Å². The van der Waals surface area contributed by atoms with E-state index in [9.17, 15) is 4.79 Å². The first-order valence-electron chi connectivity index (χ1n) is 7.18. The highest BCUT2D eigenvalue weighted by molar-refractivity contribution is 5.88. The molecule has 1 aromatic carbocycles. The number of carbonyl (C=O) groups is 1. The van der Waals surface area contributed by atoms with Gasteiger partial charge in [0.1, 0.15) is 6.04 Å². The van der Waals surface area contributed by atoms with Gasteiger partial charge in [0.05, 0.1) is 11.4 Å². The van der Waals surface area contributed by atoms with Crippen molar-refractivity contribution in [1.82, 2.24) is 10.2 Å². The van der Waals surface area contributed by atoms with Crippen molar-refractivity contribution >= 4 is 17.3 Å². The van der Waals surface area contributed by atoms with Gasteiger partial charge in [-0.15, -0.1) is 0 Å². The van der Waals surface area contributed by atoms with E-state index in [0.29, 0.717) is 6.54 Å². The molecule has 1 atom stereocenters. The lowest BCUT2D eigenvalue weighted by Gasteiger charge is -2.27. The summed E-state index contributed by atoms with van der Waals surface area (Å²) in [4.78, 5) is 14.2. The van der Waals surface area contributed by atoms with Gasteiger partial charge in [0.25, 0.3) is 0 Å². The second-order valence-electron chi connectivity index (χ2n) is 5.42. The number of hydrogen-bond donors (Lipinski definition) is 3. The summed E-state index contributed by atoms with van der Waals surface area (Å²) in [6, 6.07) is 7.75. The second-order valence-corrected chi connectivity index (χ2v) is 5.42. The smallest absolute Gasteiger partial charge is 0.244 e. The molecule has 5 heteroatoms. The van der Waals surface area contributed by atoms with Crippen LogP contribution in [-0.2, 0) is 4.79 Å². The number of fused-ring (bicyclic) bond motifs is 1. The number of benzene rings is 1. The summed E-state index contributed by atoms with van der Waals surface area (Å²) in [5.74, 6) is 0.0665. The normalized spacial score (nSPS) is 17.1. The average Bonchev–Trinajstić information content (AvgIpc) is 2.46. The van der Waals surface area contributed by atoms with Gasteiger partial charge in [0, 0.05) is 13.1 Å². The maximum Gasteiger partial charge on any atom is 0.244 e. The molecule has 0 saturated heterocycles. The van der Waals surface area contributed by atoms with Crippen molar-refractivity contribution in [3.8, 4) is 0 Å². The molecule has 1 unspecified atom stereocenters. The van der Waals surface area contributed by atoms with Crippen molar-refractivity contribution in [2.45, 2.75) is 18.9 Å². The lowest BCUT2D eigenvalue weighted by atomic mass is 10.1. The zero-order chi connectivity index (χ0) is 14.4. The average molecular weight is 276 g/mol. The maximum atomic E-state index is 12.1. The van der Waals surface area contributed by atoms with Crippen LogP contribution in [0.5, 0.6) is 0 Å². The molecule has 110 valence electrons. The summed E-state index contributed by atoms with van der Waals surface area (Å²) in [5, 5.41) is 9.55. The highest BCUT2D eigenvalue weighted by Crippen LogP contribution is 2.24. The maximum absolute atomic E-state index is 12.1. The first-order chi connectivity index (χ1) is 9.66. The van der Waals surface area contributed by atoms with Crippen molar-refractivity contribution in [2.24, 2.45) is 0 Å². The molecule has 0 fully saturated rings. The monoisotopic (exact) mass is 276 g/mol. The van der Waals surface area contributed by atoms with Crippen molar-refractivity contribution in [3.05, 3.63) is 24.3 Å². The molecule has 1 amide bonds. The van der Waals surface area contributed by atoms with Gasteiger partial charge in [-0.2, -0.15) is 0 Å². The van der Waals surface area contributed by atoms with Crippen LogP contribution in [0.1, 0.15) is 12.8 Å². The van der Waals surface area contributed by atoms with E-state index in [2.05, 4.69) is 34.9 Å². The molecule has 1 aliphatic rings. The fourth-order valence-electron chi connectivity index (χ4n) is 2.26. The van der Waals surface area contributed by atoms with Crippen molar-refractivity contribution in [2.75, 3.05) is 44.4 Å². The molecule has 0 aliphatic carbocycles. The highest BCUT2D eigenvalue weighted by Gasteiger charge is 2.22. The number of anilines is 2. The van der Waals surface area contributed by atoms with Crippen LogP contribution in [0.25, 0.3) is 0 Å². The third kappa shape index (κ3) is 4.13. The first-order valence-corrected chi connectivity index (χ1v) is 7.18. The van der Waals surface area contributed by atoms with Crippen LogP contribution in [0, 0.1) is 0 Å². The standard InChI is InChI=1S/C15H24N4O/c1-19(2)10-6-5-9-16-15(20)14-11-17-12-7-3-4-8-13(12)18-14/h3-4,7-8,14,17-18H,5-6,9-11H2,1-2H3,(H,16,20). The van der Waals surface area contributed by atoms with Crippen LogP contribution in [-0.4, -0.2) is 50.6 Å². The fourth-order valence-corrected chi connectivity index (χ4v) is 2.26. The Morgan fingerprint density at radius 2 is 2.05 bits per heavy atom. The quantitative estimate of drug-likeness (QED) is 0.687. The molecule has 3 N–H and O–H groups in total. The van der Waals surface area contributed by atoms with Crippen LogP contribution >= 0.6 is 0 Å². The van der Waals surface area contributed by atoms with E-state index in [1.54, 1.807) is 0 Å². The number of unbranched alkanes of at least 4 members (excludes halogenated alkanes) is 1. The molecular weight excluding hydrogens is 252 g/mol. The Labute approximate surface area is 120 Å².